The van der Waals surface area contributed by atoms with E-state index in [0.29, 0.717) is 16.1 Å². The summed E-state index contributed by atoms with van der Waals surface area (Å²) >= 11 is 1.20. The van der Waals surface area contributed by atoms with Crippen molar-refractivity contribution < 1.29 is 14.3 Å². The number of methoxy groups -OCH3 is 1. The van der Waals surface area contributed by atoms with Gasteiger partial charge in [0.1, 0.15) is 0 Å². The fourth-order valence-corrected chi connectivity index (χ4v) is 4.93. The van der Waals surface area contributed by atoms with Gasteiger partial charge in [0.15, 0.2) is 5.16 Å². The second-order valence-electron chi connectivity index (χ2n) is 8.26. The number of carbonyl (C=O) groups is 2. The predicted octanol–water partition coefficient (Wildman–Crippen LogP) is 2.44. The number of nitrogens with one attached hydrogen (secondary N) is 1. The van der Waals surface area contributed by atoms with Gasteiger partial charge in [-0.2, -0.15) is 0 Å². The van der Waals surface area contributed by atoms with Crippen molar-refractivity contribution in [2.24, 2.45) is 0 Å². The molecule has 1 aliphatic heterocycles. The Labute approximate surface area is 202 Å². The summed E-state index contributed by atoms with van der Waals surface area (Å²) in [5.41, 5.74) is 1.60. The van der Waals surface area contributed by atoms with Crippen molar-refractivity contribution in [1.82, 2.24) is 19.8 Å². The smallest absolute Gasteiger partial charge is 0.307 e. The highest BCUT2D eigenvalue weighted by Gasteiger charge is 2.24. The third kappa shape index (κ3) is 6.03. The summed E-state index contributed by atoms with van der Waals surface area (Å²) in [5, 5.41) is 4.00. The van der Waals surface area contributed by atoms with Crippen LogP contribution < -0.4 is 10.9 Å². The van der Waals surface area contributed by atoms with E-state index in [1.54, 1.807) is 18.2 Å². The van der Waals surface area contributed by atoms with E-state index in [-0.39, 0.29) is 36.2 Å². The molecule has 2 aromatic carbocycles. The van der Waals surface area contributed by atoms with E-state index in [1.165, 1.54) is 29.0 Å². The van der Waals surface area contributed by atoms with Crippen LogP contribution in [0.3, 0.4) is 0 Å². The number of hydrogen-bond donors (Lipinski definition) is 1. The lowest BCUT2D eigenvalue weighted by molar-refractivity contribution is -0.140. The van der Waals surface area contributed by atoms with Gasteiger partial charge in [0.05, 0.1) is 30.2 Å². The van der Waals surface area contributed by atoms with Gasteiger partial charge in [-0.05, 0) is 24.1 Å². The fourth-order valence-electron chi connectivity index (χ4n) is 4.10. The first-order valence-corrected chi connectivity index (χ1v) is 12.3. The van der Waals surface area contributed by atoms with Crippen molar-refractivity contribution in [1.29, 1.82) is 0 Å². The number of fused-ring (bicyclic) bond motifs is 1. The maximum atomic E-state index is 13.0. The molecule has 1 N–H and O–H groups in total. The van der Waals surface area contributed by atoms with Crippen LogP contribution in [0.15, 0.2) is 64.5 Å². The zero-order valence-electron chi connectivity index (χ0n) is 19.1. The van der Waals surface area contributed by atoms with Crippen LogP contribution in [0.1, 0.15) is 18.4 Å². The van der Waals surface area contributed by atoms with Crippen LogP contribution in [0, 0.1) is 0 Å². The quantitative estimate of drug-likeness (QED) is 0.286. The molecule has 4 rings (SSSR count). The number of thioether (sulfide) groups is 1. The topological polar surface area (TPSA) is 93.5 Å². The van der Waals surface area contributed by atoms with Gasteiger partial charge in [0.2, 0.25) is 5.91 Å². The van der Waals surface area contributed by atoms with Crippen LogP contribution >= 0.6 is 11.8 Å². The standard InChI is InChI=1S/C25H28N4O4S/c1-33-23(31)12-14-29-24(32)20-9-5-6-10-21(20)27-25(29)34-17-22(30)26-19-11-13-28(16-19)15-18-7-3-2-4-8-18/h2-10,19H,11-17H2,1H3,(H,26,30). The van der Waals surface area contributed by atoms with Gasteiger partial charge in [-0.3, -0.25) is 23.9 Å². The minimum absolute atomic E-state index is 0.0511. The molecular weight excluding hydrogens is 452 g/mol. The molecule has 0 bridgehead atoms. The Bertz CT molecular complexity index is 1210. The van der Waals surface area contributed by atoms with Gasteiger partial charge in [-0.15, -0.1) is 0 Å². The number of amides is 1. The van der Waals surface area contributed by atoms with Crippen molar-refractivity contribution in [3.63, 3.8) is 0 Å². The number of ether oxygens (including phenoxy) is 1. The number of benzene rings is 2. The Balaban J connectivity index is 1.38. The van der Waals surface area contributed by atoms with E-state index in [1.807, 2.05) is 24.3 Å². The van der Waals surface area contributed by atoms with Crippen LogP contribution in [0.2, 0.25) is 0 Å². The van der Waals surface area contributed by atoms with E-state index >= 15 is 0 Å². The van der Waals surface area contributed by atoms with E-state index in [4.69, 9.17) is 4.74 Å². The Kier molecular flexibility index (Phi) is 7.97. The summed E-state index contributed by atoms with van der Waals surface area (Å²) in [7, 11) is 1.31. The Morgan fingerprint density at radius 1 is 1.15 bits per heavy atom. The highest BCUT2D eigenvalue weighted by atomic mass is 32.2. The second kappa shape index (κ2) is 11.3. The second-order valence-corrected chi connectivity index (χ2v) is 9.20. The number of para-hydroxylation sites is 1. The monoisotopic (exact) mass is 480 g/mol. The molecule has 0 saturated carbocycles. The molecule has 9 heteroatoms. The van der Waals surface area contributed by atoms with Crippen LogP contribution in [0.4, 0.5) is 0 Å². The van der Waals surface area contributed by atoms with Gasteiger partial charge in [0, 0.05) is 32.2 Å². The van der Waals surface area contributed by atoms with Crippen molar-refractivity contribution in [2.45, 2.75) is 37.1 Å². The average molecular weight is 481 g/mol. The van der Waals surface area contributed by atoms with Crippen LogP contribution in [-0.2, 0) is 27.4 Å². The van der Waals surface area contributed by atoms with Gasteiger partial charge >= 0.3 is 5.97 Å². The summed E-state index contributed by atoms with van der Waals surface area (Å²) in [6, 6.07) is 17.5. The molecule has 1 saturated heterocycles. The minimum atomic E-state index is -0.407. The molecule has 1 aromatic heterocycles. The highest BCUT2D eigenvalue weighted by Crippen LogP contribution is 2.19. The fraction of sp³-hybridized carbons (Fsp3) is 0.360. The molecule has 8 nitrogen and oxygen atoms in total. The zero-order chi connectivity index (χ0) is 23.9. The number of esters is 1. The van der Waals surface area contributed by atoms with E-state index in [0.717, 1.165) is 26.1 Å². The van der Waals surface area contributed by atoms with Gasteiger partial charge in [0.25, 0.3) is 5.56 Å². The lowest BCUT2D eigenvalue weighted by Gasteiger charge is -2.17. The minimum Gasteiger partial charge on any atom is -0.469 e. The summed E-state index contributed by atoms with van der Waals surface area (Å²) in [6.45, 7) is 2.76. The molecule has 178 valence electrons. The molecule has 0 spiro atoms. The molecular formula is C25H28N4O4S. The van der Waals surface area contributed by atoms with E-state index in [9.17, 15) is 14.4 Å². The first-order chi connectivity index (χ1) is 16.5. The SMILES string of the molecule is COC(=O)CCn1c(SCC(=O)NC2CCN(Cc3ccccc3)C2)nc2ccccc2c1=O. The summed E-state index contributed by atoms with van der Waals surface area (Å²) in [4.78, 5) is 44.2. The van der Waals surface area contributed by atoms with Gasteiger partial charge in [-0.1, -0.05) is 54.2 Å². The summed E-state index contributed by atoms with van der Waals surface area (Å²) < 4.78 is 6.16. The number of hydrogen-bond acceptors (Lipinski definition) is 7. The molecule has 1 aliphatic rings. The molecule has 2 heterocycles. The maximum Gasteiger partial charge on any atom is 0.307 e. The molecule has 34 heavy (non-hydrogen) atoms. The Hall–Kier alpha value is -3.17. The van der Waals surface area contributed by atoms with Crippen LogP contribution in [-0.4, -0.2) is 58.3 Å². The number of likely N-dealkylation sites (tertiary alicyclic amines) is 1. The summed E-state index contributed by atoms with van der Waals surface area (Å²) in [6.07, 6.45) is 0.955. The number of aromatic nitrogens is 2. The first-order valence-electron chi connectivity index (χ1n) is 11.3. The normalized spacial score (nSPS) is 16.0. The molecule has 0 radical (unpaired) electrons. The largest absolute Gasteiger partial charge is 0.469 e. The summed E-state index contributed by atoms with van der Waals surface area (Å²) in [5.74, 6) is -0.369. The van der Waals surface area contributed by atoms with Crippen molar-refractivity contribution in [3.8, 4) is 0 Å². The van der Waals surface area contributed by atoms with E-state index < -0.39 is 5.97 Å². The molecule has 0 aliphatic carbocycles. The number of carbonyl (C=O) groups excluding carboxylic acids is 2. The Morgan fingerprint density at radius 2 is 1.91 bits per heavy atom. The Morgan fingerprint density at radius 3 is 2.71 bits per heavy atom. The lowest BCUT2D eigenvalue weighted by atomic mass is 10.2. The number of rotatable bonds is 9. The van der Waals surface area contributed by atoms with Gasteiger partial charge < -0.3 is 10.1 Å². The molecule has 1 atom stereocenters. The van der Waals surface area contributed by atoms with Gasteiger partial charge in [-0.25, -0.2) is 4.98 Å². The molecule has 1 fully saturated rings. The molecule has 3 aromatic rings. The zero-order valence-corrected chi connectivity index (χ0v) is 19.9. The maximum absolute atomic E-state index is 13.0. The highest BCUT2D eigenvalue weighted by molar-refractivity contribution is 7.99. The van der Waals surface area contributed by atoms with Crippen molar-refractivity contribution >= 4 is 34.5 Å². The number of nitrogens with zero attached hydrogens (tertiary/aromatic N) is 3. The third-order valence-corrected chi connectivity index (χ3v) is 6.79. The predicted molar refractivity (Wildman–Crippen MR) is 132 cm³/mol. The average Bonchev–Trinajstić information content (AvgIpc) is 3.29. The van der Waals surface area contributed by atoms with Crippen LogP contribution in [0.25, 0.3) is 10.9 Å². The van der Waals surface area contributed by atoms with Crippen molar-refractivity contribution in [3.05, 3.63) is 70.5 Å². The first kappa shape index (κ1) is 24.0. The molecule has 1 amide bonds. The van der Waals surface area contributed by atoms with Crippen molar-refractivity contribution in [2.75, 3.05) is 26.0 Å². The van der Waals surface area contributed by atoms with Crippen LogP contribution in [0.5, 0.6) is 0 Å². The van der Waals surface area contributed by atoms with E-state index in [2.05, 4.69) is 27.3 Å². The third-order valence-electron chi connectivity index (χ3n) is 5.81. The molecule has 1 unspecified atom stereocenters. The lowest BCUT2D eigenvalue weighted by Crippen LogP contribution is -2.38.